The Morgan fingerprint density at radius 2 is 2.18 bits per heavy atom. The lowest BCUT2D eigenvalue weighted by molar-refractivity contribution is 0.208. The predicted octanol–water partition coefficient (Wildman–Crippen LogP) is 2.88. The highest BCUT2D eigenvalue weighted by Gasteiger charge is 2.22. The highest BCUT2D eigenvalue weighted by atomic mass is 35.5. The van der Waals surface area contributed by atoms with Crippen LogP contribution in [0.15, 0.2) is 18.3 Å². The monoisotopic (exact) mass is 253 g/mol. The van der Waals surface area contributed by atoms with Crippen molar-refractivity contribution in [3.63, 3.8) is 0 Å². The summed E-state index contributed by atoms with van der Waals surface area (Å²) in [5.41, 5.74) is 0.945. The van der Waals surface area contributed by atoms with E-state index in [-0.39, 0.29) is 0 Å². The van der Waals surface area contributed by atoms with Crippen LogP contribution in [0.5, 0.6) is 0 Å². The van der Waals surface area contributed by atoms with Crippen LogP contribution in [-0.4, -0.2) is 36.1 Å². The summed E-state index contributed by atoms with van der Waals surface area (Å²) in [6.07, 6.45) is 4.22. The lowest BCUT2D eigenvalue weighted by Gasteiger charge is -2.33. The second-order valence-electron chi connectivity index (χ2n) is 4.92. The van der Waals surface area contributed by atoms with Crippen LogP contribution < -0.4 is 5.32 Å². The molecule has 17 heavy (non-hydrogen) atoms. The summed E-state index contributed by atoms with van der Waals surface area (Å²) in [5, 5.41) is 4.04. The van der Waals surface area contributed by atoms with Crippen LogP contribution in [0.25, 0.3) is 0 Å². The predicted molar refractivity (Wildman–Crippen MR) is 72.6 cm³/mol. The molecule has 0 spiro atoms. The molecule has 1 atom stereocenters. The van der Waals surface area contributed by atoms with E-state index in [1.165, 1.54) is 25.9 Å². The smallest absolute Gasteiger partial charge is 0.152 e. The zero-order valence-corrected chi connectivity index (χ0v) is 11.2. The molecule has 0 radical (unpaired) electrons. The van der Waals surface area contributed by atoms with Gasteiger partial charge in [0.05, 0.1) is 5.69 Å². The molecular formula is C13H20ClN3. The first-order chi connectivity index (χ1) is 8.16. The molecule has 2 rings (SSSR count). The van der Waals surface area contributed by atoms with Crippen molar-refractivity contribution in [1.29, 1.82) is 0 Å². The van der Waals surface area contributed by atoms with Gasteiger partial charge in [0.1, 0.15) is 0 Å². The summed E-state index contributed by atoms with van der Waals surface area (Å²) in [5.74, 6) is 0.725. The van der Waals surface area contributed by atoms with Gasteiger partial charge in [-0.2, -0.15) is 0 Å². The van der Waals surface area contributed by atoms with Gasteiger partial charge in [-0.25, -0.2) is 4.98 Å². The Labute approximate surface area is 108 Å². The van der Waals surface area contributed by atoms with Gasteiger partial charge in [0.25, 0.3) is 0 Å². The molecule has 0 aromatic carbocycles. The van der Waals surface area contributed by atoms with Crippen LogP contribution in [0.1, 0.15) is 19.8 Å². The van der Waals surface area contributed by atoms with E-state index in [0.29, 0.717) is 11.2 Å². The molecule has 1 aliphatic heterocycles. The van der Waals surface area contributed by atoms with Crippen molar-refractivity contribution < 1.29 is 0 Å². The lowest BCUT2D eigenvalue weighted by atomic mass is 9.90. The van der Waals surface area contributed by atoms with Gasteiger partial charge in [0, 0.05) is 12.2 Å². The first-order valence-electron chi connectivity index (χ1n) is 6.22. The third-order valence-electron chi connectivity index (χ3n) is 3.61. The van der Waals surface area contributed by atoms with E-state index >= 15 is 0 Å². The zero-order valence-electron chi connectivity index (χ0n) is 10.5. The first kappa shape index (κ1) is 12.7. The average molecular weight is 254 g/mol. The van der Waals surface area contributed by atoms with Crippen molar-refractivity contribution in [3.05, 3.63) is 23.5 Å². The third-order valence-corrected chi connectivity index (χ3v) is 3.91. The average Bonchev–Trinajstić information content (AvgIpc) is 2.33. The molecule has 1 N–H and O–H groups in total. The molecule has 1 aromatic rings. The van der Waals surface area contributed by atoms with Gasteiger partial charge < -0.3 is 10.2 Å². The fraction of sp³-hybridized carbons (Fsp3) is 0.615. The fourth-order valence-electron chi connectivity index (χ4n) is 2.39. The summed E-state index contributed by atoms with van der Waals surface area (Å²) >= 11 is 6.05. The molecule has 1 unspecified atom stereocenters. The van der Waals surface area contributed by atoms with Crippen molar-refractivity contribution in [2.24, 2.45) is 5.92 Å². The Kier molecular flexibility index (Phi) is 4.24. The molecule has 0 aliphatic carbocycles. The molecule has 0 amide bonds. The Morgan fingerprint density at radius 1 is 1.47 bits per heavy atom. The number of aromatic nitrogens is 1. The number of pyridine rings is 1. The quantitative estimate of drug-likeness (QED) is 0.840. The molecule has 1 aromatic heterocycles. The molecule has 2 heterocycles. The van der Waals surface area contributed by atoms with Crippen molar-refractivity contribution >= 4 is 17.3 Å². The van der Waals surface area contributed by atoms with Crippen molar-refractivity contribution in [2.45, 2.75) is 25.8 Å². The fourth-order valence-corrected chi connectivity index (χ4v) is 2.56. The van der Waals surface area contributed by atoms with Gasteiger partial charge in [-0.1, -0.05) is 11.6 Å². The number of anilines is 1. The number of piperidine rings is 1. The van der Waals surface area contributed by atoms with Crippen LogP contribution >= 0.6 is 11.6 Å². The minimum atomic E-state index is 0.449. The van der Waals surface area contributed by atoms with Crippen LogP contribution in [0.3, 0.4) is 0 Å². The van der Waals surface area contributed by atoms with Crippen LogP contribution in [0.2, 0.25) is 5.15 Å². The molecule has 0 saturated carbocycles. The van der Waals surface area contributed by atoms with Gasteiger partial charge in [0.15, 0.2) is 5.15 Å². The molecular weight excluding hydrogens is 234 g/mol. The number of hydrogen-bond donors (Lipinski definition) is 1. The maximum absolute atomic E-state index is 6.05. The maximum Gasteiger partial charge on any atom is 0.152 e. The number of nitrogens with one attached hydrogen (secondary N) is 1. The van der Waals surface area contributed by atoms with E-state index in [2.05, 4.69) is 29.2 Å². The largest absolute Gasteiger partial charge is 0.380 e. The Balaban J connectivity index is 1.93. The van der Waals surface area contributed by atoms with Crippen molar-refractivity contribution in [3.8, 4) is 0 Å². The number of hydrogen-bond acceptors (Lipinski definition) is 3. The Morgan fingerprint density at radius 3 is 2.82 bits per heavy atom. The van der Waals surface area contributed by atoms with E-state index in [0.717, 1.165) is 11.6 Å². The number of halogens is 1. The van der Waals surface area contributed by atoms with Gasteiger partial charge in [-0.05, 0) is 58.0 Å². The van der Waals surface area contributed by atoms with Gasteiger partial charge in [0.2, 0.25) is 0 Å². The summed E-state index contributed by atoms with van der Waals surface area (Å²) in [6.45, 7) is 4.62. The maximum atomic E-state index is 6.05. The molecule has 1 aliphatic rings. The molecule has 94 valence electrons. The van der Waals surface area contributed by atoms with Crippen molar-refractivity contribution in [2.75, 3.05) is 25.5 Å². The van der Waals surface area contributed by atoms with E-state index < -0.39 is 0 Å². The number of nitrogens with zero attached hydrogens (tertiary/aromatic N) is 2. The molecule has 1 saturated heterocycles. The molecule has 1 fully saturated rings. The minimum absolute atomic E-state index is 0.449. The Bertz CT molecular complexity index is 361. The second kappa shape index (κ2) is 5.69. The first-order valence-corrected chi connectivity index (χ1v) is 6.60. The summed E-state index contributed by atoms with van der Waals surface area (Å²) in [4.78, 5) is 6.47. The summed E-state index contributed by atoms with van der Waals surface area (Å²) < 4.78 is 0. The third kappa shape index (κ3) is 3.33. The normalized spacial score (nSPS) is 20.2. The number of rotatable bonds is 3. The highest BCUT2D eigenvalue weighted by molar-refractivity contribution is 6.31. The summed E-state index contributed by atoms with van der Waals surface area (Å²) in [6, 6.07) is 4.35. The van der Waals surface area contributed by atoms with Crippen LogP contribution in [0.4, 0.5) is 5.69 Å². The van der Waals surface area contributed by atoms with E-state index in [1.54, 1.807) is 6.20 Å². The molecule has 3 nitrogen and oxygen atoms in total. The van der Waals surface area contributed by atoms with Gasteiger partial charge >= 0.3 is 0 Å². The highest BCUT2D eigenvalue weighted by Crippen LogP contribution is 2.25. The zero-order chi connectivity index (χ0) is 12.3. The lowest BCUT2D eigenvalue weighted by Crippen LogP contribution is -2.37. The standard InChI is InChI=1S/C13H20ClN3/c1-10(11-5-8-17(2)9-6-11)16-12-4-3-7-15-13(12)14/h3-4,7,10-11,16H,5-6,8-9H2,1-2H3. The SMILES string of the molecule is CC(Nc1cccnc1Cl)C1CCN(C)CC1. The van der Waals surface area contributed by atoms with Crippen molar-refractivity contribution in [1.82, 2.24) is 9.88 Å². The Hall–Kier alpha value is -0.800. The van der Waals surface area contributed by atoms with Gasteiger partial charge in [-0.3, -0.25) is 0 Å². The molecule has 4 heteroatoms. The van der Waals surface area contributed by atoms with Gasteiger partial charge in [-0.15, -0.1) is 0 Å². The number of likely N-dealkylation sites (tertiary alicyclic amines) is 1. The van der Waals surface area contributed by atoms with Crippen LogP contribution in [-0.2, 0) is 0 Å². The van der Waals surface area contributed by atoms with E-state index in [4.69, 9.17) is 11.6 Å². The van der Waals surface area contributed by atoms with E-state index in [1.807, 2.05) is 12.1 Å². The van der Waals surface area contributed by atoms with Crippen LogP contribution in [0, 0.1) is 5.92 Å². The summed E-state index contributed by atoms with van der Waals surface area (Å²) in [7, 11) is 2.19. The topological polar surface area (TPSA) is 28.2 Å². The van der Waals surface area contributed by atoms with E-state index in [9.17, 15) is 0 Å². The minimum Gasteiger partial charge on any atom is -0.380 e. The molecule has 0 bridgehead atoms. The second-order valence-corrected chi connectivity index (χ2v) is 5.27.